The predicted molar refractivity (Wildman–Crippen MR) is 135 cm³/mol. The first-order valence-electron chi connectivity index (χ1n) is 11.4. The maximum Gasteiger partial charge on any atom is 0.257 e. The van der Waals surface area contributed by atoms with Gasteiger partial charge in [-0.05, 0) is 75.2 Å². The molecular weight excluding hydrogens is 470 g/mol. The molecule has 1 aromatic heterocycles. The number of rotatable bonds is 8. The molecule has 9 heteroatoms. The first-order valence-corrected chi connectivity index (χ1v) is 13.7. The summed E-state index contributed by atoms with van der Waals surface area (Å²) >= 11 is 1.40. The lowest BCUT2D eigenvalue weighted by atomic mass is 10.1. The van der Waals surface area contributed by atoms with E-state index in [0.29, 0.717) is 17.3 Å². The van der Waals surface area contributed by atoms with Gasteiger partial charge in [-0.1, -0.05) is 12.8 Å². The zero-order chi connectivity index (χ0) is 24.3. The number of carbonyl (C=O) groups is 1. The number of aryl methyl sites for hydroxylation is 1. The highest BCUT2D eigenvalue weighted by Gasteiger charge is 2.30. The zero-order valence-electron chi connectivity index (χ0n) is 19.6. The highest BCUT2D eigenvalue weighted by molar-refractivity contribution is 7.89. The second-order valence-corrected chi connectivity index (χ2v) is 11.5. The van der Waals surface area contributed by atoms with E-state index in [9.17, 15) is 13.2 Å². The number of hydrogen-bond acceptors (Lipinski definition) is 6. The standard InChI is InChI=1S/C25H29N3O4S2/c1-4-32-21-13-9-18(10-14-21)23-17(2)33-25(26-23)27-24(29)19-11-15-22(16-12-19)34(30,31)28(3)20-7-5-6-8-20/h9-16,20H,4-8H2,1-3H3,(H,26,27,29). The maximum absolute atomic E-state index is 12.9. The van der Waals surface area contributed by atoms with Crippen LogP contribution in [0.2, 0.25) is 0 Å². The van der Waals surface area contributed by atoms with Crippen LogP contribution in [-0.4, -0.2) is 43.3 Å². The molecule has 1 aliphatic carbocycles. The minimum absolute atomic E-state index is 0.0469. The van der Waals surface area contributed by atoms with Gasteiger partial charge in [0.25, 0.3) is 5.91 Å². The Hall–Kier alpha value is -2.75. The van der Waals surface area contributed by atoms with Gasteiger partial charge in [0.2, 0.25) is 10.0 Å². The Morgan fingerprint density at radius 3 is 2.38 bits per heavy atom. The van der Waals surface area contributed by atoms with Crippen LogP contribution in [0, 0.1) is 6.92 Å². The lowest BCUT2D eigenvalue weighted by molar-refractivity contribution is 0.102. The van der Waals surface area contributed by atoms with E-state index in [-0.39, 0.29) is 16.8 Å². The fourth-order valence-electron chi connectivity index (χ4n) is 4.17. The van der Waals surface area contributed by atoms with Crippen molar-refractivity contribution in [2.24, 2.45) is 0 Å². The molecule has 2 aromatic carbocycles. The molecule has 3 aromatic rings. The molecule has 0 saturated heterocycles. The largest absolute Gasteiger partial charge is 0.494 e. The summed E-state index contributed by atoms with van der Waals surface area (Å²) in [6, 6.07) is 13.8. The van der Waals surface area contributed by atoms with Gasteiger partial charge in [-0.25, -0.2) is 13.4 Å². The normalized spacial score (nSPS) is 14.5. The summed E-state index contributed by atoms with van der Waals surface area (Å²) < 4.78 is 32.8. The minimum Gasteiger partial charge on any atom is -0.494 e. The van der Waals surface area contributed by atoms with E-state index in [4.69, 9.17) is 4.74 Å². The topological polar surface area (TPSA) is 88.6 Å². The Labute approximate surface area is 204 Å². The average molecular weight is 500 g/mol. The van der Waals surface area contributed by atoms with E-state index < -0.39 is 10.0 Å². The number of hydrogen-bond donors (Lipinski definition) is 1. The van der Waals surface area contributed by atoms with E-state index in [1.54, 1.807) is 19.2 Å². The van der Waals surface area contributed by atoms with Gasteiger partial charge in [0, 0.05) is 29.1 Å². The third kappa shape index (κ3) is 5.16. The maximum atomic E-state index is 12.9. The van der Waals surface area contributed by atoms with Gasteiger partial charge in [-0.2, -0.15) is 4.31 Å². The van der Waals surface area contributed by atoms with Crippen LogP contribution in [0.5, 0.6) is 5.75 Å². The van der Waals surface area contributed by atoms with Crippen LogP contribution in [0.1, 0.15) is 47.8 Å². The molecule has 0 radical (unpaired) electrons. The van der Waals surface area contributed by atoms with Crippen LogP contribution in [0.25, 0.3) is 11.3 Å². The Morgan fingerprint density at radius 2 is 1.76 bits per heavy atom. The summed E-state index contributed by atoms with van der Waals surface area (Å²) in [5.74, 6) is 0.465. The fourth-order valence-corrected chi connectivity index (χ4v) is 6.42. The molecular formula is C25H29N3O4S2. The van der Waals surface area contributed by atoms with E-state index in [0.717, 1.165) is 47.6 Å². The van der Waals surface area contributed by atoms with Gasteiger partial charge in [-0.3, -0.25) is 10.1 Å². The molecule has 180 valence electrons. The lowest BCUT2D eigenvalue weighted by Gasteiger charge is -2.23. The number of nitrogens with zero attached hydrogens (tertiary/aromatic N) is 2. The minimum atomic E-state index is -3.58. The summed E-state index contributed by atoms with van der Waals surface area (Å²) in [7, 11) is -1.94. The third-order valence-electron chi connectivity index (χ3n) is 6.09. The van der Waals surface area contributed by atoms with Gasteiger partial charge in [0.1, 0.15) is 5.75 Å². The summed E-state index contributed by atoms with van der Waals surface area (Å²) in [6.45, 7) is 4.50. The molecule has 1 amide bonds. The lowest BCUT2D eigenvalue weighted by Crippen LogP contribution is -2.35. The fraction of sp³-hybridized carbons (Fsp3) is 0.360. The van der Waals surface area contributed by atoms with Crippen molar-refractivity contribution in [2.75, 3.05) is 19.0 Å². The van der Waals surface area contributed by atoms with Crippen LogP contribution >= 0.6 is 11.3 Å². The van der Waals surface area contributed by atoms with Crippen molar-refractivity contribution in [3.8, 4) is 17.0 Å². The molecule has 1 N–H and O–H groups in total. The number of ether oxygens (including phenoxy) is 1. The third-order valence-corrected chi connectivity index (χ3v) is 8.90. The number of thiazole rings is 1. The highest BCUT2D eigenvalue weighted by Crippen LogP contribution is 2.32. The molecule has 7 nitrogen and oxygen atoms in total. The van der Waals surface area contributed by atoms with Gasteiger partial charge >= 0.3 is 0 Å². The smallest absolute Gasteiger partial charge is 0.257 e. The van der Waals surface area contributed by atoms with Crippen LogP contribution in [0.3, 0.4) is 0 Å². The second kappa shape index (κ2) is 10.2. The number of benzene rings is 2. The van der Waals surface area contributed by atoms with Crippen LogP contribution in [-0.2, 0) is 10.0 Å². The van der Waals surface area contributed by atoms with Gasteiger partial charge in [0.05, 0.1) is 17.2 Å². The number of carbonyl (C=O) groups excluding carboxylic acids is 1. The van der Waals surface area contributed by atoms with E-state index in [2.05, 4.69) is 10.3 Å². The Balaban J connectivity index is 1.45. The van der Waals surface area contributed by atoms with Gasteiger partial charge < -0.3 is 4.74 Å². The van der Waals surface area contributed by atoms with Crippen molar-refractivity contribution < 1.29 is 17.9 Å². The van der Waals surface area contributed by atoms with Crippen molar-refractivity contribution >= 4 is 32.4 Å². The molecule has 0 bridgehead atoms. The van der Waals surface area contributed by atoms with Crippen molar-refractivity contribution in [3.05, 3.63) is 59.0 Å². The van der Waals surface area contributed by atoms with E-state index in [1.165, 1.54) is 27.8 Å². The Bertz CT molecular complexity index is 1250. The number of aromatic nitrogens is 1. The van der Waals surface area contributed by atoms with Crippen molar-refractivity contribution in [3.63, 3.8) is 0 Å². The second-order valence-electron chi connectivity index (χ2n) is 8.32. The predicted octanol–water partition coefficient (Wildman–Crippen LogP) is 5.33. The number of amides is 1. The van der Waals surface area contributed by atoms with Crippen molar-refractivity contribution in [1.82, 2.24) is 9.29 Å². The molecule has 1 heterocycles. The van der Waals surface area contributed by atoms with Gasteiger partial charge in [-0.15, -0.1) is 11.3 Å². The molecule has 0 unspecified atom stereocenters. The number of sulfonamides is 1. The average Bonchev–Trinajstić information content (AvgIpc) is 3.49. The molecule has 4 rings (SSSR count). The van der Waals surface area contributed by atoms with Crippen molar-refractivity contribution in [2.45, 2.75) is 50.5 Å². The summed E-state index contributed by atoms with van der Waals surface area (Å²) in [4.78, 5) is 18.5. The van der Waals surface area contributed by atoms with Gasteiger partial charge in [0.15, 0.2) is 5.13 Å². The number of nitrogens with one attached hydrogen (secondary N) is 1. The highest BCUT2D eigenvalue weighted by atomic mass is 32.2. The van der Waals surface area contributed by atoms with E-state index >= 15 is 0 Å². The Kier molecular flexibility index (Phi) is 7.35. The molecule has 1 saturated carbocycles. The molecule has 0 atom stereocenters. The molecule has 1 aliphatic rings. The number of anilines is 1. The molecule has 34 heavy (non-hydrogen) atoms. The SMILES string of the molecule is CCOc1ccc(-c2nc(NC(=O)c3ccc(S(=O)(=O)N(C)C4CCCC4)cc3)sc2C)cc1. The summed E-state index contributed by atoms with van der Waals surface area (Å²) in [5, 5.41) is 3.32. The molecule has 0 spiro atoms. The van der Waals surface area contributed by atoms with Crippen LogP contribution < -0.4 is 10.1 Å². The van der Waals surface area contributed by atoms with E-state index in [1.807, 2.05) is 38.1 Å². The quantitative estimate of drug-likeness (QED) is 0.452. The zero-order valence-corrected chi connectivity index (χ0v) is 21.2. The van der Waals surface area contributed by atoms with Crippen LogP contribution in [0.4, 0.5) is 5.13 Å². The Morgan fingerprint density at radius 1 is 1.12 bits per heavy atom. The summed E-state index contributed by atoms with van der Waals surface area (Å²) in [5.41, 5.74) is 2.12. The van der Waals surface area contributed by atoms with Crippen LogP contribution in [0.15, 0.2) is 53.4 Å². The monoisotopic (exact) mass is 499 g/mol. The van der Waals surface area contributed by atoms with Crippen molar-refractivity contribution in [1.29, 1.82) is 0 Å². The first kappa shape index (κ1) is 24.4. The first-order chi connectivity index (χ1) is 16.3. The summed E-state index contributed by atoms with van der Waals surface area (Å²) in [6.07, 6.45) is 3.89. The molecule has 1 fully saturated rings. The molecule has 0 aliphatic heterocycles.